The number of hydrogen-bond donors (Lipinski definition) is 3. The zero-order valence-electron chi connectivity index (χ0n) is 17.5. The summed E-state index contributed by atoms with van der Waals surface area (Å²) in [7, 11) is 3.07. The van der Waals surface area contributed by atoms with Crippen LogP contribution in [0.25, 0.3) is 22.0 Å². The van der Waals surface area contributed by atoms with Gasteiger partial charge in [0.15, 0.2) is 11.5 Å². The summed E-state index contributed by atoms with van der Waals surface area (Å²) in [5, 5.41) is 13.3. The molecule has 4 aromatic rings. The molecule has 32 heavy (non-hydrogen) atoms. The lowest BCUT2D eigenvalue weighted by Gasteiger charge is -2.12. The first-order chi connectivity index (χ1) is 15.5. The van der Waals surface area contributed by atoms with Crippen LogP contribution in [0.5, 0.6) is 11.5 Å². The summed E-state index contributed by atoms with van der Waals surface area (Å²) >= 11 is 0. The van der Waals surface area contributed by atoms with Gasteiger partial charge >= 0.3 is 11.7 Å². The third-order valence-corrected chi connectivity index (χ3v) is 5.12. The number of carboxylic acid groups (broad SMARTS) is 1. The molecule has 1 aromatic heterocycles. The van der Waals surface area contributed by atoms with Crippen LogP contribution in [0.4, 0.5) is 5.82 Å². The first-order valence-electron chi connectivity index (χ1n) is 9.81. The van der Waals surface area contributed by atoms with Crippen LogP contribution < -0.4 is 20.5 Å². The number of rotatable bonds is 7. The average Bonchev–Trinajstić information content (AvgIpc) is 2.81. The van der Waals surface area contributed by atoms with Crippen molar-refractivity contribution in [3.05, 3.63) is 82.3 Å². The molecule has 0 aliphatic carbocycles. The fourth-order valence-corrected chi connectivity index (χ4v) is 3.53. The number of anilines is 1. The largest absolute Gasteiger partial charge is 0.493 e. The highest BCUT2D eigenvalue weighted by Gasteiger charge is 2.13. The molecule has 0 fully saturated rings. The van der Waals surface area contributed by atoms with Crippen molar-refractivity contribution in [3.63, 3.8) is 0 Å². The molecule has 1 heterocycles. The zero-order valence-corrected chi connectivity index (χ0v) is 17.5. The van der Waals surface area contributed by atoms with Crippen molar-refractivity contribution in [2.45, 2.75) is 6.54 Å². The van der Waals surface area contributed by atoms with E-state index in [-0.39, 0.29) is 5.56 Å². The zero-order chi connectivity index (χ0) is 22.7. The van der Waals surface area contributed by atoms with Crippen molar-refractivity contribution in [1.82, 2.24) is 9.97 Å². The molecule has 0 bridgehead atoms. The number of nitrogens with zero attached hydrogens (tertiary/aromatic N) is 1. The van der Waals surface area contributed by atoms with Gasteiger partial charge in [0.1, 0.15) is 5.82 Å². The molecule has 0 aliphatic heterocycles. The smallest absolute Gasteiger partial charge is 0.347 e. The molecule has 3 N–H and O–H groups in total. The number of nitrogens with one attached hydrogen (secondary N) is 2. The number of aromatic carboxylic acids is 1. The second-order valence-electron chi connectivity index (χ2n) is 7.04. The number of methoxy groups -OCH3 is 2. The fourth-order valence-electron chi connectivity index (χ4n) is 3.53. The van der Waals surface area contributed by atoms with Crippen LogP contribution in [0, 0.1) is 0 Å². The second kappa shape index (κ2) is 8.81. The number of carbonyl (C=O) groups is 1. The minimum Gasteiger partial charge on any atom is -0.493 e. The number of aromatic nitrogens is 2. The number of ether oxygens (including phenoxy) is 2. The van der Waals surface area contributed by atoms with Gasteiger partial charge in [0, 0.05) is 18.0 Å². The predicted molar refractivity (Wildman–Crippen MR) is 122 cm³/mol. The highest BCUT2D eigenvalue weighted by molar-refractivity contribution is 5.96. The number of aromatic amines is 1. The standard InChI is InChI=1S/C24H21N3O5/c1-31-20-11-18-19(12-21(20)32-2)26-24(30)27-22(18)25-13-14-7-9-15(10-8-14)16-5-3-4-6-17(16)23(28)29/h3-12H,13H2,1-2H3,(H,28,29)(H2,25,26,27,30). The van der Waals surface area contributed by atoms with Crippen LogP contribution in [0.15, 0.2) is 65.5 Å². The molecular weight excluding hydrogens is 410 g/mol. The summed E-state index contributed by atoms with van der Waals surface area (Å²) in [5.74, 6) is 0.485. The van der Waals surface area contributed by atoms with E-state index in [1.807, 2.05) is 30.3 Å². The summed E-state index contributed by atoms with van der Waals surface area (Å²) < 4.78 is 10.7. The van der Waals surface area contributed by atoms with Crippen LogP contribution in [0.2, 0.25) is 0 Å². The van der Waals surface area contributed by atoms with E-state index in [0.29, 0.717) is 40.3 Å². The quantitative estimate of drug-likeness (QED) is 0.406. The molecule has 0 saturated heterocycles. The molecule has 162 valence electrons. The Labute approximate surface area is 183 Å². The monoisotopic (exact) mass is 431 g/mol. The molecule has 0 radical (unpaired) electrons. The van der Waals surface area contributed by atoms with E-state index in [1.54, 1.807) is 37.4 Å². The average molecular weight is 431 g/mol. The van der Waals surface area contributed by atoms with Gasteiger partial charge in [0.25, 0.3) is 0 Å². The van der Waals surface area contributed by atoms with Crippen LogP contribution in [-0.2, 0) is 6.54 Å². The van der Waals surface area contributed by atoms with Gasteiger partial charge in [0.05, 0.1) is 25.3 Å². The first kappa shape index (κ1) is 20.9. The number of hydrogen-bond acceptors (Lipinski definition) is 6. The Morgan fingerprint density at radius 2 is 1.72 bits per heavy atom. The number of H-pyrrole nitrogens is 1. The van der Waals surface area contributed by atoms with Crippen molar-refractivity contribution in [2.24, 2.45) is 0 Å². The van der Waals surface area contributed by atoms with Crippen LogP contribution in [-0.4, -0.2) is 35.3 Å². The summed E-state index contributed by atoms with van der Waals surface area (Å²) in [6, 6.07) is 17.9. The lowest BCUT2D eigenvalue weighted by Crippen LogP contribution is -2.14. The van der Waals surface area contributed by atoms with E-state index in [4.69, 9.17) is 9.47 Å². The number of carboxylic acids is 1. The molecule has 8 heteroatoms. The van der Waals surface area contributed by atoms with Gasteiger partial charge in [0.2, 0.25) is 0 Å². The molecule has 0 saturated carbocycles. The van der Waals surface area contributed by atoms with Gasteiger partial charge in [-0.2, -0.15) is 4.98 Å². The number of benzene rings is 3. The maximum atomic E-state index is 12.0. The molecule has 0 aliphatic rings. The normalized spacial score (nSPS) is 10.7. The summed E-state index contributed by atoms with van der Waals surface area (Å²) in [6.45, 7) is 0.417. The highest BCUT2D eigenvalue weighted by Crippen LogP contribution is 2.33. The van der Waals surface area contributed by atoms with Crippen LogP contribution in [0.1, 0.15) is 15.9 Å². The molecule has 0 unspecified atom stereocenters. The molecule has 4 rings (SSSR count). The van der Waals surface area contributed by atoms with Gasteiger partial charge in [-0.05, 0) is 28.8 Å². The Morgan fingerprint density at radius 3 is 2.41 bits per heavy atom. The SMILES string of the molecule is COc1cc2[nH]c(=O)nc(NCc3ccc(-c4ccccc4C(=O)O)cc3)c2cc1OC. The van der Waals surface area contributed by atoms with Crippen molar-refractivity contribution in [2.75, 3.05) is 19.5 Å². The van der Waals surface area contributed by atoms with E-state index < -0.39 is 11.7 Å². The van der Waals surface area contributed by atoms with Crippen molar-refractivity contribution >= 4 is 22.7 Å². The Balaban J connectivity index is 1.60. The lowest BCUT2D eigenvalue weighted by molar-refractivity contribution is 0.0697. The maximum Gasteiger partial charge on any atom is 0.347 e. The molecule has 0 amide bonds. The minimum absolute atomic E-state index is 0.252. The van der Waals surface area contributed by atoms with E-state index in [9.17, 15) is 14.7 Å². The van der Waals surface area contributed by atoms with Crippen molar-refractivity contribution in [3.8, 4) is 22.6 Å². The molecule has 3 aromatic carbocycles. The summed E-state index contributed by atoms with van der Waals surface area (Å²) in [6.07, 6.45) is 0. The van der Waals surface area contributed by atoms with Gasteiger partial charge in [-0.25, -0.2) is 9.59 Å². The van der Waals surface area contributed by atoms with Gasteiger partial charge in [-0.1, -0.05) is 42.5 Å². The van der Waals surface area contributed by atoms with Crippen LogP contribution >= 0.6 is 0 Å². The Morgan fingerprint density at radius 1 is 1.03 bits per heavy atom. The molecular formula is C24H21N3O5. The molecule has 0 atom stereocenters. The third kappa shape index (κ3) is 4.11. The Bertz CT molecular complexity index is 1350. The Kier molecular flexibility index (Phi) is 5.76. The predicted octanol–water partition coefficient (Wildman–Crippen LogP) is 3.92. The topological polar surface area (TPSA) is 114 Å². The number of fused-ring (bicyclic) bond motifs is 1. The molecule has 8 nitrogen and oxygen atoms in total. The highest BCUT2D eigenvalue weighted by atomic mass is 16.5. The van der Waals surface area contributed by atoms with E-state index >= 15 is 0 Å². The van der Waals surface area contributed by atoms with Gasteiger partial charge in [-0.3, -0.25) is 0 Å². The van der Waals surface area contributed by atoms with Crippen molar-refractivity contribution in [1.29, 1.82) is 0 Å². The maximum absolute atomic E-state index is 12.0. The van der Waals surface area contributed by atoms with E-state index in [0.717, 1.165) is 11.1 Å². The Hall–Kier alpha value is -4.33. The van der Waals surface area contributed by atoms with Gasteiger partial charge < -0.3 is 24.9 Å². The summed E-state index contributed by atoms with van der Waals surface area (Å²) in [5.41, 5.74) is 2.75. The third-order valence-electron chi connectivity index (χ3n) is 5.12. The van der Waals surface area contributed by atoms with Crippen molar-refractivity contribution < 1.29 is 19.4 Å². The fraction of sp³-hybridized carbons (Fsp3) is 0.125. The van der Waals surface area contributed by atoms with E-state index in [1.165, 1.54) is 7.11 Å². The lowest BCUT2D eigenvalue weighted by atomic mass is 9.99. The second-order valence-corrected chi connectivity index (χ2v) is 7.04. The van der Waals surface area contributed by atoms with Gasteiger partial charge in [-0.15, -0.1) is 0 Å². The first-order valence-corrected chi connectivity index (χ1v) is 9.81. The minimum atomic E-state index is -0.967. The van der Waals surface area contributed by atoms with E-state index in [2.05, 4.69) is 15.3 Å². The van der Waals surface area contributed by atoms with Crippen LogP contribution in [0.3, 0.4) is 0 Å². The summed E-state index contributed by atoms with van der Waals surface area (Å²) in [4.78, 5) is 30.3. The molecule has 0 spiro atoms.